The van der Waals surface area contributed by atoms with E-state index in [9.17, 15) is 19.1 Å². The molecule has 1 saturated heterocycles. The van der Waals surface area contributed by atoms with E-state index in [1.54, 1.807) is 24.4 Å². The topological polar surface area (TPSA) is 99.5 Å². The van der Waals surface area contributed by atoms with Gasteiger partial charge in [-0.15, -0.1) is 0 Å². The summed E-state index contributed by atoms with van der Waals surface area (Å²) in [5, 5.41) is 16.1. The Morgan fingerprint density at radius 2 is 1.87 bits per heavy atom. The number of carboxylic acids is 1. The van der Waals surface area contributed by atoms with E-state index in [-0.39, 0.29) is 35.8 Å². The average Bonchev–Trinajstić information content (AvgIpc) is 3.53. The maximum Gasteiger partial charge on any atom is 0.335 e. The van der Waals surface area contributed by atoms with Crippen LogP contribution in [0.3, 0.4) is 0 Å². The first-order valence-corrected chi connectivity index (χ1v) is 12.4. The largest absolute Gasteiger partial charge is 0.478 e. The Labute approximate surface area is 223 Å². The van der Waals surface area contributed by atoms with E-state index < -0.39 is 5.97 Å². The molecule has 3 N–H and O–H groups in total. The zero-order chi connectivity index (χ0) is 26.6. The third-order valence-corrected chi connectivity index (χ3v) is 6.71. The highest BCUT2D eigenvalue weighted by Gasteiger charge is 2.41. The van der Waals surface area contributed by atoms with Gasteiger partial charge < -0.3 is 25.2 Å². The standard InChI is InChI=1S/C28H24FN5O3S/c29-19-9-11-20(12-10-19)31-24(35)13-16-34-26(25(32-28(34)38)22-7-1-2-14-30-22)23-8-4-15-33(23)21-6-3-5-18(17-21)27(36)37/h1-12,14-15,17,25-26H,13,16H2,(H,31,35)(H,32,38)(H,36,37)/t25-,26-/m0/s1. The van der Waals surface area contributed by atoms with Gasteiger partial charge in [0.05, 0.1) is 23.3 Å². The number of pyridine rings is 1. The van der Waals surface area contributed by atoms with Gasteiger partial charge in [-0.1, -0.05) is 12.1 Å². The fourth-order valence-corrected chi connectivity index (χ4v) is 4.94. The summed E-state index contributed by atoms with van der Waals surface area (Å²) in [6.07, 6.45) is 3.72. The Balaban J connectivity index is 1.45. The monoisotopic (exact) mass is 529 g/mol. The van der Waals surface area contributed by atoms with Crippen LogP contribution in [0.4, 0.5) is 10.1 Å². The molecule has 10 heteroatoms. The lowest BCUT2D eigenvalue weighted by molar-refractivity contribution is -0.116. The van der Waals surface area contributed by atoms with Gasteiger partial charge in [-0.05, 0) is 78.9 Å². The van der Waals surface area contributed by atoms with Crippen molar-refractivity contribution in [1.82, 2.24) is 19.8 Å². The smallest absolute Gasteiger partial charge is 0.335 e. The van der Waals surface area contributed by atoms with E-state index in [4.69, 9.17) is 12.2 Å². The van der Waals surface area contributed by atoms with E-state index >= 15 is 0 Å². The van der Waals surface area contributed by atoms with Crippen molar-refractivity contribution in [3.8, 4) is 5.69 Å². The maximum atomic E-state index is 13.2. The van der Waals surface area contributed by atoms with Crippen LogP contribution in [0.2, 0.25) is 0 Å². The lowest BCUT2D eigenvalue weighted by Gasteiger charge is -2.29. The number of carbonyl (C=O) groups is 2. The maximum absolute atomic E-state index is 13.2. The van der Waals surface area contributed by atoms with Crippen LogP contribution in [-0.2, 0) is 4.79 Å². The number of carboxylic acid groups (broad SMARTS) is 1. The number of thiocarbonyl (C=S) groups is 1. The Kier molecular flexibility index (Phi) is 7.14. The molecule has 0 saturated carbocycles. The molecule has 1 aliphatic rings. The Bertz CT molecular complexity index is 1480. The predicted molar refractivity (Wildman–Crippen MR) is 145 cm³/mol. The number of anilines is 1. The summed E-state index contributed by atoms with van der Waals surface area (Å²) in [7, 11) is 0. The van der Waals surface area contributed by atoms with Gasteiger partial charge in [0.15, 0.2) is 5.11 Å². The van der Waals surface area contributed by atoms with E-state index in [1.807, 2.05) is 52.1 Å². The van der Waals surface area contributed by atoms with Gasteiger partial charge in [-0.2, -0.15) is 0 Å². The van der Waals surface area contributed by atoms with E-state index in [0.29, 0.717) is 23.0 Å². The molecule has 38 heavy (non-hydrogen) atoms. The zero-order valence-electron chi connectivity index (χ0n) is 20.1. The molecule has 4 aromatic rings. The lowest BCUT2D eigenvalue weighted by Crippen LogP contribution is -2.33. The van der Waals surface area contributed by atoms with Crippen molar-refractivity contribution in [2.45, 2.75) is 18.5 Å². The van der Waals surface area contributed by atoms with Crippen molar-refractivity contribution in [3.63, 3.8) is 0 Å². The highest BCUT2D eigenvalue weighted by atomic mass is 32.1. The van der Waals surface area contributed by atoms with Gasteiger partial charge >= 0.3 is 5.97 Å². The third-order valence-electron chi connectivity index (χ3n) is 6.36. The number of nitrogens with zero attached hydrogens (tertiary/aromatic N) is 3. The average molecular weight is 530 g/mol. The van der Waals surface area contributed by atoms with Crippen LogP contribution in [-0.4, -0.2) is 43.1 Å². The summed E-state index contributed by atoms with van der Waals surface area (Å²) in [6.45, 7) is 0.313. The van der Waals surface area contributed by atoms with Crippen LogP contribution in [0, 0.1) is 5.82 Å². The lowest BCUT2D eigenvalue weighted by atomic mass is 10.0. The molecule has 192 valence electrons. The van der Waals surface area contributed by atoms with Gasteiger partial charge in [0.25, 0.3) is 0 Å². The number of nitrogens with one attached hydrogen (secondary N) is 2. The summed E-state index contributed by atoms with van der Waals surface area (Å²) >= 11 is 5.71. The summed E-state index contributed by atoms with van der Waals surface area (Å²) in [6, 6.07) is 21.1. The fourth-order valence-electron chi connectivity index (χ4n) is 4.61. The molecule has 0 bridgehead atoms. The summed E-state index contributed by atoms with van der Waals surface area (Å²) < 4.78 is 15.1. The van der Waals surface area contributed by atoms with E-state index in [2.05, 4.69) is 15.6 Å². The highest BCUT2D eigenvalue weighted by Crippen LogP contribution is 2.39. The first-order valence-electron chi connectivity index (χ1n) is 11.9. The van der Waals surface area contributed by atoms with Crippen LogP contribution in [0.25, 0.3) is 5.69 Å². The van der Waals surface area contributed by atoms with Crippen molar-refractivity contribution in [3.05, 3.63) is 114 Å². The minimum Gasteiger partial charge on any atom is -0.478 e. The highest BCUT2D eigenvalue weighted by molar-refractivity contribution is 7.80. The molecular weight excluding hydrogens is 505 g/mol. The molecule has 0 aliphatic carbocycles. The number of amides is 1. The molecule has 2 atom stereocenters. The minimum absolute atomic E-state index is 0.139. The Morgan fingerprint density at radius 3 is 2.61 bits per heavy atom. The first kappa shape index (κ1) is 25.1. The molecule has 5 rings (SSSR count). The fraction of sp³-hybridized carbons (Fsp3) is 0.143. The molecule has 1 fully saturated rings. The molecule has 0 spiro atoms. The van der Waals surface area contributed by atoms with Gasteiger partial charge in [0.1, 0.15) is 5.82 Å². The van der Waals surface area contributed by atoms with E-state index in [1.165, 1.54) is 24.3 Å². The van der Waals surface area contributed by atoms with Gasteiger partial charge in [0.2, 0.25) is 5.91 Å². The van der Waals surface area contributed by atoms with Crippen LogP contribution in [0.15, 0.2) is 91.3 Å². The molecule has 0 unspecified atom stereocenters. The zero-order valence-corrected chi connectivity index (χ0v) is 20.9. The number of carbonyl (C=O) groups excluding carboxylic acids is 1. The van der Waals surface area contributed by atoms with Crippen molar-refractivity contribution in [2.75, 3.05) is 11.9 Å². The summed E-state index contributed by atoms with van der Waals surface area (Å²) in [5.74, 6) is -1.62. The number of benzene rings is 2. The van der Waals surface area contributed by atoms with Crippen molar-refractivity contribution >= 4 is 34.9 Å². The van der Waals surface area contributed by atoms with Crippen LogP contribution >= 0.6 is 12.2 Å². The van der Waals surface area contributed by atoms with Crippen molar-refractivity contribution < 1.29 is 19.1 Å². The molecule has 0 radical (unpaired) electrons. The minimum atomic E-state index is -1.01. The molecule has 8 nitrogen and oxygen atoms in total. The molecule has 3 heterocycles. The molecule has 1 aliphatic heterocycles. The number of hydrogen-bond donors (Lipinski definition) is 3. The van der Waals surface area contributed by atoms with Crippen molar-refractivity contribution in [1.29, 1.82) is 0 Å². The van der Waals surface area contributed by atoms with Crippen LogP contribution in [0.1, 0.15) is 40.3 Å². The normalized spacial score (nSPS) is 16.8. The molecule has 2 aromatic carbocycles. The van der Waals surface area contributed by atoms with Crippen LogP contribution < -0.4 is 10.6 Å². The number of aromatic carboxylic acids is 1. The molecule has 2 aromatic heterocycles. The van der Waals surface area contributed by atoms with Crippen molar-refractivity contribution in [2.24, 2.45) is 0 Å². The Hall–Kier alpha value is -4.57. The second-order valence-corrected chi connectivity index (χ2v) is 9.17. The van der Waals surface area contributed by atoms with E-state index in [0.717, 1.165) is 11.4 Å². The third kappa shape index (κ3) is 5.25. The van der Waals surface area contributed by atoms with Gasteiger partial charge in [-0.25, -0.2) is 9.18 Å². The SMILES string of the molecule is O=C(CCN1C(=S)N[C@@H](c2ccccn2)[C@@H]1c1cccn1-c1cccc(C(=O)O)c1)Nc1ccc(F)cc1. The second-order valence-electron chi connectivity index (χ2n) is 8.78. The molecular formula is C28H24FN5O3S. The number of halogens is 1. The quantitative estimate of drug-likeness (QED) is 0.284. The second kappa shape index (κ2) is 10.8. The number of aromatic nitrogens is 2. The predicted octanol–water partition coefficient (Wildman–Crippen LogP) is 4.71. The number of rotatable bonds is 8. The first-order chi connectivity index (χ1) is 18.4. The summed E-state index contributed by atoms with van der Waals surface area (Å²) in [5.41, 5.74) is 3.02. The van der Waals surface area contributed by atoms with Gasteiger partial charge in [0, 0.05) is 42.4 Å². The van der Waals surface area contributed by atoms with Gasteiger partial charge in [-0.3, -0.25) is 9.78 Å². The summed E-state index contributed by atoms with van der Waals surface area (Å²) in [4.78, 5) is 30.8. The van der Waals surface area contributed by atoms with Crippen LogP contribution in [0.5, 0.6) is 0 Å². The number of hydrogen-bond acceptors (Lipinski definition) is 4. The molecule has 1 amide bonds. The Morgan fingerprint density at radius 1 is 1.05 bits per heavy atom.